The highest BCUT2D eigenvalue weighted by Crippen LogP contribution is 2.40. The van der Waals surface area contributed by atoms with Gasteiger partial charge >= 0.3 is 0 Å². The summed E-state index contributed by atoms with van der Waals surface area (Å²) in [5, 5.41) is 3.61. The van der Waals surface area contributed by atoms with Crippen LogP contribution in [-0.2, 0) is 0 Å². The number of nitrogens with one attached hydrogen (secondary N) is 1. The lowest BCUT2D eigenvalue weighted by atomic mass is 9.72. The molecule has 1 fully saturated rings. The van der Waals surface area contributed by atoms with Gasteiger partial charge in [-0.1, -0.05) is 26.8 Å². The summed E-state index contributed by atoms with van der Waals surface area (Å²) in [5.41, 5.74) is 1.20. The number of hydrogen-bond donors (Lipinski definition) is 1. The minimum absolute atomic E-state index is 0.186. The first-order valence-electron chi connectivity index (χ1n) is 7.69. The first-order chi connectivity index (χ1) is 9.51. The maximum Gasteiger partial charge on any atom is 0.137 e. The predicted octanol–water partition coefficient (Wildman–Crippen LogP) is 5.31. The molecule has 0 heterocycles. The zero-order valence-corrected chi connectivity index (χ0v) is 14.2. The Morgan fingerprint density at radius 2 is 1.90 bits per heavy atom. The zero-order valence-electron chi connectivity index (χ0n) is 12.6. The van der Waals surface area contributed by atoms with Gasteiger partial charge in [0, 0.05) is 6.04 Å². The minimum atomic E-state index is -0.186. The summed E-state index contributed by atoms with van der Waals surface area (Å²) in [6, 6.07) is 5.77. The average Bonchev–Trinajstić information content (AvgIpc) is 2.38. The van der Waals surface area contributed by atoms with Gasteiger partial charge in [-0.2, -0.15) is 0 Å². The third-order valence-electron chi connectivity index (χ3n) is 4.41. The van der Waals surface area contributed by atoms with Gasteiger partial charge in [-0.25, -0.2) is 4.39 Å². The molecule has 3 atom stereocenters. The van der Waals surface area contributed by atoms with E-state index in [2.05, 4.69) is 42.0 Å². The van der Waals surface area contributed by atoms with Gasteiger partial charge in [0.15, 0.2) is 0 Å². The van der Waals surface area contributed by atoms with E-state index in [1.807, 2.05) is 12.1 Å². The fourth-order valence-corrected chi connectivity index (χ4v) is 4.16. The summed E-state index contributed by atoms with van der Waals surface area (Å²) in [4.78, 5) is 0. The Hall–Kier alpha value is -0.410. The summed E-state index contributed by atoms with van der Waals surface area (Å²) in [6.07, 6.45) is 3.86. The third-order valence-corrected chi connectivity index (χ3v) is 5.02. The SMILES string of the molecule is CCNC(c1ccc(F)c(Br)c1)C1CC(C)CC(C)C1. The van der Waals surface area contributed by atoms with Crippen molar-refractivity contribution in [1.29, 1.82) is 0 Å². The van der Waals surface area contributed by atoms with Crippen LogP contribution in [0, 0.1) is 23.6 Å². The van der Waals surface area contributed by atoms with Crippen LogP contribution in [0.3, 0.4) is 0 Å². The van der Waals surface area contributed by atoms with Crippen LogP contribution in [0.15, 0.2) is 22.7 Å². The molecule has 1 aliphatic carbocycles. The van der Waals surface area contributed by atoms with Crippen molar-refractivity contribution in [2.24, 2.45) is 17.8 Å². The molecule has 0 radical (unpaired) electrons. The van der Waals surface area contributed by atoms with Crippen LogP contribution >= 0.6 is 15.9 Å². The fraction of sp³-hybridized carbons (Fsp3) is 0.647. The molecule has 0 aromatic heterocycles. The Labute approximate surface area is 130 Å². The van der Waals surface area contributed by atoms with Gasteiger partial charge in [-0.3, -0.25) is 0 Å². The summed E-state index contributed by atoms with van der Waals surface area (Å²) in [7, 11) is 0. The summed E-state index contributed by atoms with van der Waals surface area (Å²) < 4.78 is 14.0. The van der Waals surface area contributed by atoms with Gasteiger partial charge in [0.05, 0.1) is 4.47 Å². The van der Waals surface area contributed by atoms with Crippen LogP contribution in [-0.4, -0.2) is 6.54 Å². The molecule has 1 aliphatic rings. The van der Waals surface area contributed by atoms with Gasteiger partial charge in [-0.15, -0.1) is 0 Å². The summed E-state index contributed by atoms with van der Waals surface area (Å²) >= 11 is 3.31. The van der Waals surface area contributed by atoms with E-state index in [0.717, 1.165) is 18.4 Å². The topological polar surface area (TPSA) is 12.0 Å². The van der Waals surface area contributed by atoms with E-state index in [0.29, 0.717) is 16.4 Å². The van der Waals surface area contributed by atoms with Crippen molar-refractivity contribution in [3.8, 4) is 0 Å². The highest BCUT2D eigenvalue weighted by Gasteiger charge is 2.30. The van der Waals surface area contributed by atoms with Crippen molar-refractivity contribution < 1.29 is 4.39 Å². The lowest BCUT2D eigenvalue weighted by molar-refractivity contribution is 0.177. The molecule has 1 saturated carbocycles. The average molecular weight is 342 g/mol. The van der Waals surface area contributed by atoms with Crippen LogP contribution in [0.5, 0.6) is 0 Å². The molecule has 0 amide bonds. The molecule has 0 spiro atoms. The molecule has 3 heteroatoms. The second kappa shape index (κ2) is 7.04. The van der Waals surface area contributed by atoms with Crippen molar-refractivity contribution >= 4 is 15.9 Å². The highest BCUT2D eigenvalue weighted by molar-refractivity contribution is 9.10. The van der Waals surface area contributed by atoms with Crippen molar-refractivity contribution in [3.05, 3.63) is 34.1 Å². The van der Waals surface area contributed by atoms with E-state index in [1.165, 1.54) is 24.8 Å². The molecule has 1 nitrogen and oxygen atoms in total. The third kappa shape index (κ3) is 3.82. The van der Waals surface area contributed by atoms with E-state index in [-0.39, 0.29) is 5.82 Å². The van der Waals surface area contributed by atoms with Crippen LogP contribution in [0.25, 0.3) is 0 Å². The van der Waals surface area contributed by atoms with Crippen molar-refractivity contribution in [1.82, 2.24) is 5.32 Å². The van der Waals surface area contributed by atoms with Crippen LogP contribution in [0.1, 0.15) is 51.6 Å². The number of rotatable bonds is 4. The molecule has 1 aromatic carbocycles. The lowest BCUT2D eigenvalue weighted by Crippen LogP contribution is -2.33. The maximum absolute atomic E-state index is 13.4. The maximum atomic E-state index is 13.4. The van der Waals surface area contributed by atoms with Gasteiger partial charge in [-0.05, 0) is 77.2 Å². The van der Waals surface area contributed by atoms with Gasteiger partial charge in [0.2, 0.25) is 0 Å². The second-order valence-electron chi connectivity index (χ2n) is 6.39. The first kappa shape index (κ1) is 16.0. The normalized spacial score (nSPS) is 28.4. The monoisotopic (exact) mass is 341 g/mol. The summed E-state index contributed by atoms with van der Waals surface area (Å²) in [5.74, 6) is 2.03. The smallest absolute Gasteiger partial charge is 0.137 e. The molecule has 0 saturated heterocycles. The molecular formula is C17H25BrFN. The molecule has 112 valence electrons. The predicted molar refractivity (Wildman–Crippen MR) is 86.2 cm³/mol. The van der Waals surface area contributed by atoms with Crippen molar-refractivity contribution in [2.45, 2.75) is 46.1 Å². The van der Waals surface area contributed by atoms with E-state index in [4.69, 9.17) is 0 Å². The van der Waals surface area contributed by atoms with Gasteiger partial charge in [0.25, 0.3) is 0 Å². The number of hydrogen-bond acceptors (Lipinski definition) is 1. The molecular weight excluding hydrogens is 317 g/mol. The number of halogens is 2. The summed E-state index contributed by atoms with van der Waals surface area (Å²) in [6.45, 7) is 7.79. The Balaban J connectivity index is 2.23. The van der Waals surface area contributed by atoms with Crippen LogP contribution < -0.4 is 5.32 Å². The van der Waals surface area contributed by atoms with E-state index in [9.17, 15) is 4.39 Å². The largest absolute Gasteiger partial charge is 0.310 e. The van der Waals surface area contributed by atoms with Crippen LogP contribution in [0.4, 0.5) is 4.39 Å². The van der Waals surface area contributed by atoms with Gasteiger partial charge < -0.3 is 5.32 Å². The van der Waals surface area contributed by atoms with E-state index < -0.39 is 0 Å². The fourth-order valence-electron chi connectivity index (χ4n) is 3.76. The minimum Gasteiger partial charge on any atom is -0.310 e. The Kier molecular flexibility index (Phi) is 5.62. The molecule has 3 unspecified atom stereocenters. The zero-order chi connectivity index (χ0) is 14.7. The number of benzene rings is 1. The van der Waals surface area contributed by atoms with Crippen LogP contribution in [0.2, 0.25) is 0 Å². The molecule has 1 N–H and O–H groups in total. The van der Waals surface area contributed by atoms with Gasteiger partial charge in [0.1, 0.15) is 5.82 Å². The quantitative estimate of drug-likeness (QED) is 0.782. The second-order valence-corrected chi connectivity index (χ2v) is 7.24. The van der Waals surface area contributed by atoms with E-state index >= 15 is 0 Å². The highest BCUT2D eigenvalue weighted by atomic mass is 79.9. The molecule has 0 aliphatic heterocycles. The molecule has 0 bridgehead atoms. The van der Waals surface area contributed by atoms with Crippen molar-refractivity contribution in [2.75, 3.05) is 6.54 Å². The molecule has 2 rings (SSSR count). The Morgan fingerprint density at radius 1 is 1.25 bits per heavy atom. The Bertz CT molecular complexity index is 439. The van der Waals surface area contributed by atoms with Crippen molar-refractivity contribution in [3.63, 3.8) is 0 Å². The molecule has 20 heavy (non-hydrogen) atoms. The Morgan fingerprint density at radius 3 is 2.45 bits per heavy atom. The lowest BCUT2D eigenvalue weighted by Gasteiger charge is -2.37. The van der Waals surface area contributed by atoms with E-state index in [1.54, 1.807) is 6.07 Å². The first-order valence-corrected chi connectivity index (χ1v) is 8.48. The molecule has 1 aromatic rings. The standard InChI is InChI=1S/C17H25BrFN/c1-4-20-17(13-5-6-16(19)15(18)10-13)14-8-11(2)7-12(3)9-14/h5-6,10-12,14,17,20H,4,7-9H2,1-3H3.